The minimum absolute atomic E-state index is 0.00756. The van der Waals surface area contributed by atoms with Crippen LogP contribution in [0.25, 0.3) is 0 Å². The number of nitrogens with two attached hydrogens (primary N) is 1. The molecule has 8 heteroatoms. The van der Waals surface area contributed by atoms with Crippen LogP contribution in [0.5, 0.6) is 0 Å². The van der Waals surface area contributed by atoms with Gasteiger partial charge in [0.25, 0.3) is 0 Å². The number of rotatable bonds is 46. The molecule has 0 aliphatic carbocycles. The van der Waals surface area contributed by atoms with E-state index in [1.54, 1.807) is 7.05 Å². The number of hydrogen-bond donors (Lipinski definition) is 2. The van der Waals surface area contributed by atoms with E-state index in [2.05, 4.69) is 42.9 Å². The maximum absolute atomic E-state index is 12.9. The molecular weight excluding hydrogens is 745 g/mol. The monoisotopic (exact) mass is 847 g/mol. The molecular formula is C52H102N4O4. The minimum atomic E-state index is -0.00756. The van der Waals surface area contributed by atoms with Crippen LogP contribution in [0.3, 0.4) is 0 Å². The number of ether oxygens (including phenoxy) is 2. The van der Waals surface area contributed by atoms with Gasteiger partial charge in [0, 0.05) is 26.4 Å². The lowest BCUT2D eigenvalue weighted by molar-refractivity contribution is -0.150. The Balaban J connectivity index is 4.59. The van der Waals surface area contributed by atoms with Gasteiger partial charge in [0.05, 0.1) is 5.70 Å². The number of esters is 2. The standard InChI is InChI=1S/C52H102N4O4/c1-7-12-15-18-23-30-38-47(10-4)59-50(57)41-33-26-21-28-35-44-56(46-37-43-55-49(11-5)52(53)54-6)45-36-29-22-27-34-42-51(58)60-48(39-31-24-19-16-13-8-2)40-32-25-20-17-14-9-3/h11,47-48,55H,7-10,12-46H2,1-6H3,(H2,53,54)/b49-11+. The van der Waals surface area contributed by atoms with Crippen molar-refractivity contribution in [3.63, 3.8) is 0 Å². The molecule has 0 radical (unpaired) electrons. The zero-order valence-electron chi connectivity index (χ0n) is 40.9. The summed E-state index contributed by atoms with van der Waals surface area (Å²) in [7, 11) is 1.73. The van der Waals surface area contributed by atoms with E-state index in [1.165, 1.54) is 154 Å². The number of amidine groups is 1. The molecule has 3 N–H and O–H groups in total. The van der Waals surface area contributed by atoms with Crippen molar-refractivity contribution in [1.29, 1.82) is 0 Å². The number of carbonyl (C=O) groups is 2. The van der Waals surface area contributed by atoms with Crippen LogP contribution in [0.15, 0.2) is 16.8 Å². The maximum Gasteiger partial charge on any atom is 0.306 e. The molecule has 0 spiro atoms. The van der Waals surface area contributed by atoms with E-state index in [4.69, 9.17) is 15.2 Å². The van der Waals surface area contributed by atoms with Crippen LogP contribution in [0.2, 0.25) is 0 Å². The molecule has 0 saturated heterocycles. The molecule has 0 amide bonds. The smallest absolute Gasteiger partial charge is 0.306 e. The second-order valence-corrected chi connectivity index (χ2v) is 17.8. The molecule has 0 aliphatic rings. The molecule has 0 saturated carbocycles. The summed E-state index contributed by atoms with van der Waals surface area (Å²) in [5, 5.41) is 3.46. The molecule has 0 aromatic heterocycles. The van der Waals surface area contributed by atoms with Gasteiger partial charge in [-0.05, 0) is 104 Å². The highest BCUT2D eigenvalue weighted by molar-refractivity contribution is 5.96. The number of aliphatic imine (C=N–C) groups is 1. The lowest BCUT2D eigenvalue weighted by atomic mass is 10.0. The van der Waals surface area contributed by atoms with Crippen molar-refractivity contribution in [3.05, 3.63) is 11.8 Å². The zero-order chi connectivity index (χ0) is 44.2. The molecule has 8 nitrogen and oxygen atoms in total. The predicted molar refractivity (Wildman–Crippen MR) is 260 cm³/mol. The SMILES string of the molecule is C/C=C(/NCCCN(CCCCCCCC(=O)OC(CC)CCCCCCCC)CCCCCCCC(=O)OC(CCCCCCCC)CCCCCCCC)C(N)=NC. The van der Waals surface area contributed by atoms with Gasteiger partial charge in [0.15, 0.2) is 0 Å². The first-order valence-electron chi connectivity index (χ1n) is 26.1. The fraction of sp³-hybridized carbons (Fsp3) is 0.904. The molecule has 0 fully saturated rings. The van der Waals surface area contributed by atoms with Gasteiger partial charge in [-0.25, -0.2) is 0 Å². The Kier molecular flexibility index (Phi) is 43.4. The molecule has 0 aliphatic heterocycles. The number of nitrogens with zero attached hydrogens (tertiary/aromatic N) is 2. The number of nitrogens with one attached hydrogen (secondary N) is 1. The minimum Gasteiger partial charge on any atom is -0.462 e. The van der Waals surface area contributed by atoms with Crippen molar-refractivity contribution < 1.29 is 19.1 Å². The van der Waals surface area contributed by atoms with Gasteiger partial charge in [-0.3, -0.25) is 14.6 Å². The van der Waals surface area contributed by atoms with Crippen LogP contribution >= 0.6 is 0 Å². The summed E-state index contributed by atoms with van der Waals surface area (Å²) in [5.74, 6) is 0.566. The second kappa shape index (κ2) is 44.9. The van der Waals surface area contributed by atoms with Crippen molar-refractivity contribution in [2.45, 2.75) is 272 Å². The molecule has 0 heterocycles. The van der Waals surface area contributed by atoms with Crippen LogP contribution in [0.1, 0.15) is 259 Å². The first-order valence-corrected chi connectivity index (χ1v) is 26.1. The lowest BCUT2D eigenvalue weighted by Crippen LogP contribution is -2.31. The van der Waals surface area contributed by atoms with E-state index in [-0.39, 0.29) is 24.1 Å². The van der Waals surface area contributed by atoms with Gasteiger partial charge in [0.2, 0.25) is 0 Å². The Morgan fingerprint density at radius 2 is 0.900 bits per heavy atom. The summed E-state index contributed by atoms with van der Waals surface area (Å²) in [6.45, 7) is 15.1. The fourth-order valence-corrected chi connectivity index (χ4v) is 8.15. The Hall–Kier alpha value is -2.09. The van der Waals surface area contributed by atoms with E-state index in [9.17, 15) is 9.59 Å². The van der Waals surface area contributed by atoms with Crippen LogP contribution in [-0.4, -0.2) is 68.1 Å². The van der Waals surface area contributed by atoms with Crippen LogP contribution in [0.4, 0.5) is 0 Å². The zero-order valence-corrected chi connectivity index (χ0v) is 40.9. The summed E-state index contributed by atoms with van der Waals surface area (Å²) >= 11 is 0. The highest BCUT2D eigenvalue weighted by Gasteiger charge is 2.15. The van der Waals surface area contributed by atoms with Crippen molar-refractivity contribution in [1.82, 2.24) is 10.2 Å². The third kappa shape index (κ3) is 37.7. The van der Waals surface area contributed by atoms with Crippen molar-refractivity contribution >= 4 is 17.8 Å². The van der Waals surface area contributed by atoms with E-state index >= 15 is 0 Å². The molecule has 1 unspecified atom stereocenters. The van der Waals surface area contributed by atoms with Crippen molar-refractivity contribution in [2.75, 3.05) is 33.2 Å². The Labute approximate surface area is 373 Å². The fourth-order valence-electron chi connectivity index (χ4n) is 8.15. The molecule has 1 atom stereocenters. The largest absolute Gasteiger partial charge is 0.462 e. The lowest BCUT2D eigenvalue weighted by Gasteiger charge is -2.23. The van der Waals surface area contributed by atoms with Crippen LogP contribution in [-0.2, 0) is 19.1 Å². The van der Waals surface area contributed by atoms with Gasteiger partial charge >= 0.3 is 11.9 Å². The van der Waals surface area contributed by atoms with Gasteiger partial charge in [-0.2, -0.15) is 0 Å². The molecule has 60 heavy (non-hydrogen) atoms. The summed E-state index contributed by atoms with van der Waals surface area (Å²) in [6.07, 6.45) is 42.5. The second-order valence-electron chi connectivity index (χ2n) is 17.8. The molecule has 0 aromatic carbocycles. The predicted octanol–water partition coefficient (Wildman–Crippen LogP) is 14.3. The average Bonchev–Trinajstić information content (AvgIpc) is 3.25. The maximum atomic E-state index is 12.9. The third-order valence-electron chi connectivity index (χ3n) is 12.2. The Bertz CT molecular complexity index is 1000. The third-order valence-corrected chi connectivity index (χ3v) is 12.2. The van der Waals surface area contributed by atoms with Gasteiger partial charge in [-0.15, -0.1) is 0 Å². The number of hydrogen-bond acceptors (Lipinski definition) is 7. The summed E-state index contributed by atoms with van der Waals surface area (Å²) in [6, 6.07) is 0. The summed E-state index contributed by atoms with van der Waals surface area (Å²) < 4.78 is 11.9. The van der Waals surface area contributed by atoms with Gasteiger partial charge < -0.3 is 25.4 Å². The van der Waals surface area contributed by atoms with E-state index in [0.29, 0.717) is 18.7 Å². The van der Waals surface area contributed by atoms with Crippen molar-refractivity contribution in [3.8, 4) is 0 Å². The Morgan fingerprint density at radius 3 is 1.32 bits per heavy atom. The first kappa shape index (κ1) is 57.9. The van der Waals surface area contributed by atoms with E-state index in [0.717, 1.165) is 89.7 Å². The highest BCUT2D eigenvalue weighted by Crippen LogP contribution is 2.19. The topological polar surface area (TPSA) is 106 Å². The first-order chi connectivity index (χ1) is 29.3. The molecule has 354 valence electrons. The van der Waals surface area contributed by atoms with Crippen LogP contribution in [0, 0.1) is 0 Å². The Morgan fingerprint density at radius 1 is 0.533 bits per heavy atom. The van der Waals surface area contributed by atoms with Gasteiger partial charge in [0.1, 0.15) is 18.0 Å². The summed E-state index contributed by atoms with van der Waals surface area (Å²) in [4.78, 5) is 32.1. The average molecular weight is 847 g/mol. The summed E-state index contributed by atoms with van der Waals surface area (Å²) in [5.41, 5.74) is 6.95. The van der Waals surface area contributed by atoms with Gasteiger partial charge in [-0.1, -0.05) is 169 Å². The molecule has 0 rings (SSSR count). The number of allylic oxidation sites excluding steroid dienone is 1. The normalized spacial score (nSPS) is 12.7. The molecule has 0 bridgehead atoms. The number of unbranched alkanes of at least 4 members (excludes halogenated alkanes) is 23. The highest BCUT2D eigenvalue weighted by atomic mass is 16.5. The number of carbonyl (C=O) groups excluding carboxylic acids is 2. The van der Waals surface area contributed by atoms with E-state index < -0.39 is 0 Å². The quantitative estimate of drug-likeness (QED) is 0.0272. The molecule has 0 aromatic rings. The van der Waals surface area contributed by atoms with Crippen LogP contribution < -0.4 is 11.1 Å². The van der Waals surface area contributed by atoms with Crippen molar-refractivity contribution in [2.24, 2.45) is 10.7 Å². The van der Waals surface area contributed by atoms with E-state index in [1.807, 2.05) is 13.0 Å².